The summed E-state index contributed by atoms with van der Waals surface area (Å²) >= 11 is 1.07. The number of nitrogens with one attached hydrogen (secondary N) is 1. The number of amides is 1. The van der Waals surface area contributed by atoms with Crippen molar-refractivity contribution in [2.45, 2.75) is 25.7 Å². The zero-order valence-electron chi connectivity index (χ0n) is 11.7. The number of benzene rings is 1. The van der Waals surface area contributed by atoms with Crippen LogP contribution in [0.25, 0.3) is 0 Å². The Morgan fingerprint density at radius 3 is 2.52 bits per heavy atom. The first-order chi connectivity index (χ1) is 9.91. The summed E-state index contributed by atoms with van der Waals surface area (Å²) < 4.78 is 3.96. The second-order valence-electron chi connectivity index (χ2n) is 4.87. The zero-order chi connectivity index (χ0) is 15.5. The number of carboxylic acids is 1. The fourth-order valence-corrected chi connectivity index (χ4v) is 2.53. The first-order valence-electron chi connectivity index (χ1n) is 6.31. The minimum atomic E-state index is -1.29. The maximum Gasteiger partial charge on any atom is 0.314 e. The van der Waals surface area contributed by atoms with Gasteiger partial charge in [-0.25, -0.2) is 4.98 Å². The first-order valence-corrected chi connectivity index (χ1v) is 7.08. The second-order valence-corrected chi connectivity index (χ2v) is 5.63. The van der Waals surface area contributed by atoms with Gasteiger partial charge in [0.05, 0.1) is 5.41 Å². The minimum Gasteiger partial charge on any atom is -0.481 e. The fourth-order valence-electron chi connectivity index (χ4n) is 1.94. The largest absolute Gasteiger partial charge is 0.481 e. The van der Waals surface area contributed by atoms with Gasteiger partial charge in [-0.2, -0.15) is 4.37 Å². The van der Waals surface area contributed by atoms with Crippen LogP contribution in [0.5, 0.6) is 0 Å². The van der Waals surface area contributed by atoms with Gasteiger partial charge in [-0.05, 0) is 19.4 Å². The molecule has 2 aromatic rings. The van der Waals surface area contributed by atoms with Gasteiger partial charge in [0.2, 0.25) is 11.0 Å². The van der Waals surface area contributed by atoms with E-state index in [0.29, 0.717) is 16.5 Å². The van der Waals surface area contributed by atoms with E-state index < -0.39 is 17.3 Å². The molecular formula is C14H15N3O3S. The summed E-state index contributed by atoms with van der Waals surface area (Å²) in [5.41, 5.74) is -0.702. The van der Waals surface area contributed by atoms with Crippen LogP contribution < -0.4 is 5.32 Å². The molecule has 21 heavy (non-hydrogen) atoms. The molecule has 0 aliphatic carbocycles. The van der Waals surface area contributed by atoms with E-state index in [9.17, 15) is 14.7 Å². The van der Waals surface area contributed by atoms with Crippen molar-refractivity contribution in [3.63, 3.8) is 0 Å². The molecule has 2 rings (SSSR count). The Balaban J connectivity index is 2.17. The molecule has 0 aliphatic heterocycles. The van der Waals surface area contributed by atoms with Gasteiger partial charge in [0.15, 0.2) is 0 Å². The molecular weight excluding hydrogens is 290 g/mol. The molecule has 1 amide bonds. The van der Waals surface area contributed by atoms with Crippen molar-refractivity contribution in [2.24, 2.45) is 0 Å². The van der Waals surface area contributed by atoms with Crippen molar-refractivity contribution in [1.29, 1.82) is 0 Å². The molecule has 0 fully saturated rings. The molecule has 0 saturated heterocycles. The highest BCUT2D eigenvalue weighted by atomic mass is 32.1. The first kappa shape index (κ1) is 15.1. The van der Waals surface area contributed by atoms with E-state index in [-0.39, 0.29) is 6.42 Å². The quantitative estimate of drug-likeness (QED) is 0.883. The van der Waals surface area contributed by atoms with Crippen LogP contribution >= 0.6 is 11.5 Å². The summed E-state index contributed by atoms with van der Waals surface area (Å²) in [5.74, 6) is -0.878. The maximum atomic E-state index is 12.1. The van der Waals surface area contributed by atoms with E-state index in [2.05, 4.69) is 14.7 Å². The highest BCUT2D eigenvalue weighted by Gasteiger charge is 2.37. The van der Waals surface area contributed by atoms with Gasteiger partial charge < -0.3 is 10.4 Å². The third kappa shape index (κ3) is 3.43. The van der Waals surface area contributed by atoms with Gasteiger partial charge in [-0.3, -0.25) is 9.59 Å². The molecule has 0 radical (unpaired) electrons. The molecule has 1 aromatic carbocycles. The lowest BCUT2D eigenvalue weighted by Gasteiger charge is -2.24. The van der Waals surface area contributed by atoms with E-state index in [1.807, 2.05) is 0 Å². The van der Waals surface area contributed by atoms with Crippen molar-refractivity contribution in [3.05, 3.63) is 41.7 Å². The van der Waals surface area contributed by atoms with Crippen LogP contribution in [0.1, 0.15) is 24.7 Å². The lowest BCUT2D eigenvalue weighted by atomic mass is 9.79. The number of rotatable bonds is 5. The molecule has 7 heteroatoms. The lowest BCUT2D eigenvalue weighted by molar-refractivity contribution is -0.145. The van der Waals surface area contributed by atoms with E-state index >= 15 is 0 Å². The monoisotopic (exact) mass is 305 g/mol. The number of nitrogens with zero attached hydrogens (tertiary/aromatic N) is 2. The molecule has 1 atom stereocenters. The second kappa shape index (κ2) is 6.01. The average molecular weight is 305 g/mol. The van der Waals surface area contributed by atoms with Gasteiger partial charge in [0.1, 0.15) is 5.82 Å². The van der Waals surface area contributed by atoms with Gasteiger partial charge in [0.25, 0.3) is 0 Å². The third-order valence-electron chi connectivity index (χ3n) is 3.17. The molecule has 1 unspecified atom stereocenters. The summed E-state index contributed by atoms with van der Waals surface area (Å²) in [5, 5.41) is 12.5. The SMILES string of the molecule is Cc1nsc(NC(=O)CC(C)(C(=O)O)c2ccccc2)n1. The normalized spacial score (nSPS) is 13.4. The Morgan fingerprint density at radius 1 is 1.33 bits per heavy atom. The molecule has 6 nitrogen and oxygen atoms in total. The van der Waals surface area contributed by atoms with E-state index in [1.165, 1.54) is 6.92 Å². The van der Waals surface area contributed by atoms with Crippen molar-refractivity contribution >= 4 is 28.5 Å². The Bertz CT molecular complexity index is 656. The summed E-state index contributed by atoms with van der Waals surface area (Å²) in [7, 11) is 0. The predicted octanol–water partition coefficient (Wildman–Crippen LogP) is 2.22. The number of anilines is 1. The summed E-state index contributed by atoms with van der Waals surface area (Å²) in [4.78, 5) is 27.7. The number of aliphatic carboxylic acids is 1. The van der Waals surface area contributed by atoms with Crippen molar-refractivity contribution in [2.75, 3.05) is 5.32 Å². The van der Waals surface area contributed by atoms with Crippen LogP contribution in [0.2, 0.25) is 0 Å². The number of carboxylic acid groups (broad SMARTS) is 1. The maximum absolute atomic E-state index is 12.1. The Labute approximate surface area is 126 Å². The standard InChI is InChI=1S/C14H15N3O3S/c1-9-15-13(21-17-9)16-11(18)8-14(2,12(19)20)10-6-4-3-5-7-10/h3-7H,8H2,1-2H3,(H,19,20)(H,15,16,17,18). The predicted molar refractivity (Wildman–Crippen MR) is 79.3 cm³/mol. The molecule has 1 aromatic heterocycles. The number of hydrogen-bond donors (Lipinski definition) is 2. The van der Waals surface area contributed by atoms with E-state index in [4.69, 9.17) is 0 Å². The van der Waals surface area contributed by atoms with Gasteiger partial charge in [-0.1, -0.05) is 30.3 Å². The molecule has 2 N–H and O–H groups in total. The summed E-state index contributed by atoms with van der Waals surface area (Å²) in [6.45, 7) is 3.26. The highest BCUT2D eigenvalue weighted by molar-refractivity contribution is 7.09. The number of carbonyl (C=O) groups is 2. The Kier molecular flexibility index (Phi) is 4.32. The molecule has 1 heterocycles. The Morgan fingerprint density at radius 2 is 2.00 bits per heavy atom. The van der Waals surface area contributed by atoms with E-state index in [1.54, 1.807) is 37.3 Å². The summed E-state index contributed by atoms with van der Waals surface area (Å²) in [6.07, 6.45) is -0.176. The third-order valence-corrected chi connectivity index (χ3v) is 3.89. The van der Waals surface area contributed by atoms with Crippen molar-refractivity contribution in [3.8, 4) is 0 Å². The van der Waals surface area contributed by atoms with Crippen LogP contribution in [-0.2, 0) is 15.0 Å². The lowest BCUT2D eigenvalue weighted by Crippen LogP contribution is -2.36. The van der Waals surface area contributed by atoms with Gasteiger partial charge in [-0.15, -0.1) is 0 Å². The van der Waals surface area contributed by atoms with Crippen LogP contribution in [0.15, 0.2) is 30.3 Å². The van der Waals surface area contributed by atoms with Crippen LogP contribution in [0, 0.1) is 6.92 Å². The zero-order valence-corrected chi connectivity index (χ0v) is 12.5. The number of aryl methyl sites for hydroxylation is 1. The number of hydrogen-bond acceptors (Lipinski definition) is 5. The smallest absolute Gasteiger partial charge is 0.314 e. The number of carbonyl (C=O) groups excluding carboxylic acids is 1. The molecule has 110 valence electrons. The van der Waals surface area contributed by atoms with Crippen molar-refractivity contribution < 1.29 is 14.7 Å². The van der Waals surface area contributed by atoms with Crippen LogP contribution in [0.3, 0.4) is 0 Å². The topological polar surface area (TPSA) is 92.2 Å². The summed E-state index contributed by atoms with van der Waals surface area (Å²) in [6, 6.07) is 8.72. The van der Waals surface area contributed by atoms with Crippen molar-refractivity contribution in [1.82, 2.24) is 9.36 Å². The average Bonchev–Trinajstić information content (AvgIpc) is 2.84. The van der Waals surface area contributed by atoms with E-state index in [0.717, 1.165) is 11.5 Å². The Hall–Kier alpha value is -2.28. The minimum absolute atomic E-state index is 0.176. The molecule has 0 saturated carbocycles. The molecule has 0 bridgehead atoms. The number of aromatic nitrogens is 2. The van der Waals surface area contributed by atoms with Gasteiger partial charge in [0, 0.05) is 18.0 Å². The highest BCUT2D eigenvalue weighted by Crippen LogP contribution is 2.28. The van der Waals surface area contributed by atoms with Crippen LogP contribution in [0.4, 0.5) is 5.13 Å². The molecule has 0 spiro atoms. The van der Waals surface area contributed by atoms with Crippen LogP contribution in [-0.4, -0.2) is 26.3 Å². The fraction of sp³-hybridized carbons (Fsp3) is 0.286. The van der Waals surface area contributed by atoms with Gasteiger partial charge >= 0.3 is 5.97 Å². The molecule has 0 aliphatic rings.